The van der Waals surface area contributed by atoms with E-state index in [1.54, 1.807) is 13.8 Å². The van der Waals surface area contributed by atoms with E-state index in [4.69, 9.17) is 5.11 Å². The average Bonchev–Trinajstić information content (AvgIpc) is 1.81. The Labute approximate surface area is 60.3 Å². The van der Waals surface area contributed by atoms with Gasteiger partial charge in [-0.05, 0) is 19.9 Å². The first-order chi connectivity index (χ1) is 4.45. The molecule has 0 aromatic rings. The van der Waals surface area contributed by atoms with Crippen LogP contribution in [-0.4, -0.2) is 23.8 Å². The van der Waals surface area contributed by atoms with Crippen LogP contribution in [0.2, 0.25) is 0 Å². The lowest BCUT2D eigenvalue weighted by Gasteiger charge is -2.08. The lowest BCUT2D eigenvalue weighted by Crippen LogP contribution is -2.14. The zero-order valence-electron chi connectivity index (χ0n) is 6.42. The fraction of sp³-hybridized carbons (Fsp3) is 0.571. The number of hydrogen-bond acceptors (Lipinski definition) is 3. The SMILES string of the molecule is COC(=O)/C=C/C(C)(C)O. The van der Waals surface area contributed by atoms with E-state index < -0.39 is 11.6 Å². The van der Waals surface area contributed by atoms with Gasteiger partial charge in [0.15, 0.2) is 0 Å². The van der Waals surface area contributed by atoms with Crippen molar-refractivity contribution in [2.75, 3.05) is 7.11 Å². The number of aliphatic hydroxyl groups is 1. The predicted octanol–water partition coefficient (Wildman–Crippen LogP) is 0.486. The van der Waals surface area contributed by atoms with Gasteiger partial charge in [0.05, 0.1) is 12.7 Å². The first-order valence-electron chi connectivity index (χ1n) is 2.95. The highest BCUT2D eigenvalue weighted by molar-refractivity contribution is 5.81. The molecule has 1 N–H and O–H groups in total. The van der Waals surface area contributed by atoms with E-state index in [9.17, 15) is 4.79 Å². The lowest BCUT2D eigenvalue weighted by molar-refractivity contribution is -0.134. The number of ether oxygens (including phenoxy) is 1. The normalized spacial score (nSPS) is 12.0. The molecule has 0 bridgehead atoms. The van der Waals surface area contributed by atoms with E-state index in [0.29, 0.717) is 0 Å². The van der Waals surface area contributed by atoms with Crippen LogP contribution in [0.1, 0.15) is 13.8 Å². The topological polar surface area (TPSA) is 46.5 Å². The van der Waals surface area contributed by atoms with Gasteiger partial charge in [-0.25, -0.2) is 4.79 Å². The van der Waals surface area contributed by atoms with Gasteiger partial charge in [0.1, 0.15) is 0 Å². The quantitative estimate of drug-likeness (QED) is 0.453. The largest absolute Gasteiger partial charge is 0.466 e. The highest BCUT2D eigenvalue weighted by Crippen LogP contribution is 2.01. The summed E-state index contributed by atoms with van der Waals surface area (Å²) in [5.74, 6) is -0.456. The molecule has 0 radical (unpaired) electrons. The van der Waals surface area contributed by atoms with Crippen LogP contribution in [0.15, 0.2) is 12.2 Å². The molecule has 10 heavy (non-hydrogen) atoms. The zero-order valence-corrected chi connectivity index (χ0v) is 6.42. The summed E-state index contributed by atoms with van der Waals surface area (Å²) in [7, 11) is 1.29. The number of rotatable bonds is 2. The van der Waals surface area contributed by atoms with E-state index in [2.05, 4.69) is 4.74 Å². The van der Waals surface area contributed by atoms with Gasteiger partial charge in [-0.1, -0.05) is 0 Å². The Balaban J connectivity index is 3.88. The number of esters is 1. The molecule has 0 aromatic heterocycles. The third-order valence-corrected chi connectivity index (χ3v) is 0.828. The molecule has 0 saturated heterocycles. The summed E-state index contributed by atoms with van der Waals surface area (Å²) in [4.78, 5) is 10.4. The van der Waals surface area contributed by atoms with Crippen LogP contribution >= 0.6 is 0 Å². The van der Waals surface area contributed by atoms with Crippen molar-refractivity contribution in [1.29, 1.82) is 0 Å². The number of carbonyl (C=O) groups excluding carboxylic acids is 1. The Hall–Kier alpha value is -0.830. The van der Waals surface area contributed by atoms with Crippen molar-refractivity contribution >= 4 is 5.97 Å². The van der Waals surface area contributed by atoms with Gasteiger partial charge in [-0.2, -0.15) is 0 Å². The van der Waals surface area contributed by atoms with Crippen molar-refractivity contribution in [1.82, 2.24) is 0 Å². The van der Waals surface area contributed by atoms with Crippen molar-refractivity contribution in [2.45, 2.75) is 19.4 Å². The van der Waals surface area contributed by atoms with Crippen LogP contribution in [0.25, 0.3) is 0 Å². The van der Waals surface area contributed by atoms with E-state index in [1.165, 1.54) is 19.3 Å². The molecular weight excluding hydrogens is 132 g/mol. The Kier molecular flexibility index (Phi) is 3.09. The van der Waals surface area contributed by atoms with Crippen molar-refractivity contribution in [3.05, 3.63) is 12.2 Å². The predicted molar refractivity (Wildman–Crippen MR) is 37.5 cm³/mol. The maximum atomic E-state index is 10.4. The van der Waals surface area contributed by atoms with Crippen molar-refractivity contribution in [3.63, 3.8) is 0 Å². The minimum Gasteiger partial charge on any atom is -0.466 e. The minimum absolute atomic E-state index is 0.456. The molecule has 58 valence electrons. The van der Waals surface area contributed by atoms with E-state index >= 15 is 0 Å². The number of carbonyl (C=O) groups is 1. The molecule has 0 saturated carbocycles. The third-order valence-electron chi connectivity index (χ3n) is 0.828. The van der Waals surface area contributed by atoms with Crippen LogP contribution in [0, 0.1) is 0 Å². The van der Waals surface area contributed by atoms with Gasteiger partial charge in [0.25, 0.3) is 0 Å². The first-order valence-corrected chi connectivity index (χ1v) is 2.95. The molecule has 0 heterocycles. The summed E-state index contributed by atoms with van der Waals surface area (Å²) in [5.41, 5.74) is -0.950. The Morgan fingerprint density at radius 3 is 2.40 bits per heavy atom. The average molecular weight is 144 g/mol. The first kappa shape index (κ1) is 9.17. The molecule has 0 fully saturated rings. The maximum absolute atomic E-state index is 10.4. The minimum atomic E-state index is -0.950. The molecule has 0 aliphatic carbocycles. The summed E-state index contributed by atoms with van der Waals surface area (Å²) in [6.45, 7) is 3.15. The summed E-state index contributed by atoms with van der Waals surface area (Å²) in [6, 6.07) is 0. The molecule has 0 aliphatic rings. The number of methoxy groups -OCH3 is 1. The van der Waals surface area contributed by atoms with Gasteiger partial charge >= 0.3 is 5.97 Å². The standard InChI is InChI=1S/C7H12O3/c1-7(2,9)5-4-6(8)10-3/h4-5,9H,1-3H3/b5-4+. The molecule has 0 aromatic carbocycles. The third kappa shape index (κ3) is 5.31. The second-order valence-corrected chi connectivity index (χ2v) is 2.51. The van der Waals surface area contributed by atoms with Crippen molar-refractivity contribution in [2.24, 2.45) is 0 Å². The lowest BCUT2D eigenvalue weighted by atomic mass is 10.1. The van der Waals surface area contributed by atoms with Gasteiger partial charge in [-0.3, -0.25) is 0 Å². The van der Waals surface area contributed by atoms with Crippen LogP contribution in [0.3, 0.4) is 0 Å². The molecule has 3 nitrogen and oxygen atoms in total. The Morgan fingerprint density at radius 2 is 2.10 bits per heavy atom. The second kappa shape index (κ2) is 3.37. The monoisotopic (exact) mass is 144 g/mol. The van der Waals surface area contributed by atoms with E-state index in [0.717, 1.165) is 0 Å². The Morgan fingerprint density at radius 1 is 1.60 bits per heavy atom. The molecule has 0 unspecified atom stereocenters. The van der Waals surface area contributed by atoms with E-state index in [1.807, 2.05) is 0 Å². The fourth-order valence-corrected chi connectivity index (χ4v) is 0.340. The van der Waals surface area contributed by atoms with Gasteiger partial charge in [-0.15, -0.1) is 0 Å². The molecular formula is C7H12O3. The zero-order chi connectivity index (χ0) is 8.20. The second-order valence-electron chi connectivity index (χ2n) is 2.51. The van der Waals surface area contributed by atoms with Gasteiger partial charge in [0, 0.05) is 6.08 Å². The van der Waals surface area contributed by atoms with Gasteiger partial charge < -0.3 is 9.84 Å². The van der Waals surface area contributed by atoms with Gasteiger partial charge in [0.2, 0.25) is 0 Å². The van der Waals surface area contributed by atoms with Crippen LogP contribution in [0.5, 0.6) is 0 Å². The summed E-state index contributed by atoms with van der Waals surface area (Å²) in [5, 5.41) is 9.07. The fourth-order valence-electron chi connectivity index (χ4n) is 0.340. The number of hydrogen-bond donors (Lipinski definition) is 1. The molecule has 0 rings (SSSR count). The molecule has 0 atom stereocenters. The van der Waals surface area contributed by atoms with Crippen molar-refractivity contribution < 1.29 is 14.6 Å². The molecule has 0 aliphatic heterocycles. The van der Waals surface area contributed by atoms with Crippen molar-refractivity contribution in [3.8, 4) is 0 Å². The highest BCUT2D eigenvalue weighted by Gasteiger charge is 2.06. The van der Waals surface area contributed by atoms with E-state index in [-0.39, 0.29) is 0 Å². The summed E-state index contributed by atoms with van der Waals surface area (Å²) >= 11 is 0. The molecule has 0 amide bonds. The molecule has 0 spiro atoms. The molecule has 3 heteroatoms. The summed E-state index contributed by atoms with van der Waals surface area (Å²) in [6.07, 6.45) is 2.57. The summed E-state index contributed by atoms with van der Waals surface area (Å²) < 4.78 is 4.31. The van der Waals surface area contributed by atoms with Crippen LogP contribution in [0.4, 0.5) is 0 Å². The maximum Gasteiger partial charge on any atom is 0.330 e. The highest BCUT2D eigenvalue weighted by atomic mass is 16.5. The Bertz CT molecular complexity index is 141. The van der Waals surface area contributed by atoms with Crippen LogP contribution in [-0.2, 0) is 9.53 Å². The van der Waals surface area contributed by atoms with Crippen LogP contribution < -0.4 is 0 Å². The smallest absolute Gasteiger partial charge is 0.330 e.